The van der Waals surface area contributed by atoms with Crippen LogP contribution in [0.15, 0.2) is 47.4 Å². The number of amides is 1. The molecule has 0 saturated carbocycles. The summed E-state index contributed by atoms with van der Waals surface area (Å²) in [6.45, 7) is -0.968. The lowest BCUT2D eigenvalue weighted by molar-refractivity contribution is -0.140. The Morgan fingerprint density at radius 3 is 2.68 bits per heavy atom. The summed E-state index contributed by atoms with van der Waals surface area (Å²) in [7, 11) is 1.57. The molecule has 0 bridgehead atoms. The Bertz CT molecular complexity index is 1150. The molecule has 9 heteroatoms. The molecule has 3 aromatic rings. The maximum atomic E-state index is 13.2. The minimum Gasteiger partial charge on any atom is -0.495 e. The summed E-state index contributed by atoms with van der Waals surface area (Å²) in [6.07, 6.45) is -1.97. The third kappa shape index (κ3) is 5.47. The fourth-order valence-corrected chi connectivity index (χ4v) is 3.57. The van der Waals surface area contributed by atoms with Crippen molar-refractivity contribution < 1.29 is 22.7 Å². The van der Waals surface area contributed by atoms with Crippen molar-refractivity contribution >= 4 is 40.4 Å². The number of carbonyl (C=O) groups is 1. The van der Waals surface area contributed by atoms with Gasteiger partial charge >= 0.3 is 6.18 Å². The molecule has 0 fully saturated rings. The summed E-state index contributed by atoms with van der Waals surface area (Å²) in [5.74, 6) is 6.34. The van der Waals surface area contributed by atoms with E-state index in [4.69, 9.17) is 4.74 Å². The molecule has 1 heterocycles. The number of benzene rings is 2. The number of alkyl halides is 3. The van der Waals surface area contributed by atoms with Gasteiger partial charge in [-0.2, -0.15) is 13.2 Å². The van der Waals surface area contributed by atoms with Crippen molar-refractivity contribution in [1.82, 2.24) is 4.57 Å². The summed E-state index contributed by atoms with van der Waals surface area (Å²) in [5.41, 5.74) is 1.71. The van der Waals surface area contributed by atoms with Gasteiger partial charge in [0.25, 0.3) is 0 Å². The summed E-state index contributed by atoms with van der Waals surface area (Å²) < 4.78 is 46.0. The van der Waals surface area contributed by atoms with Crippen LogP contribution in [0.25, 0.3) is 10.9 Å². The Hall–Kier alpha value is -3.25. The third-order valence-corrected chi connectivity index (χ3v) is 5.22. The predicted molar refractivity (Wildman–Crippen MR) is 118 cm³/mol. The largest absolute Gasteiger partial charge is 0.495 e. The fourth-order valence-electron chi connectivity index (χ4n) is 3.15. The minimum atomic E-state index is -4.42. The predicted octanol–water partition coefficient (Wildman–Crippen LogP) is 4.97. The number of methoxy groups -OCH3 is 1. The molecule has 1 amide bonds. The average Bonchev–Trinajstić information content (AvgIpc) is 3.08. The van der Waals surface area contributed by atoms with Gasteiger partial charge in [0, 0.05) is 16.0 Å². The molecule has 5 nitrogen and oxygen atoms in total. The number of carbonyl (C=O) groups excluding carboxylic acids is 1. The highest BCUT2D eigenvalue weighted by atomic mass is 32.2. The molecule has 0 aliphatic heterocycles. The molecule has 2 N–H and O–H groups in total. The van der Waals surface area contributed by atoms with E-state index >= 15 is 0 Å². The van der Waals surface area contributed by atoms with Gasteiger partial charge in [0.1, 0.15) is 12.3 Å². The monoisotopic (exact) mass is 447 g/mol. The highest BCUT2D eigenvalue weighted by Gasteiger charge is 2.29. The molecule has 1 aromatic heterocycles. The van der Waals surface area contributed by atoms with E-state index in [1.165, 1.54) is 0 Å². The topological polar surface area (TPSA) is 55.3 Å². The molecule has 2 aromatic carbocycles. The van der Waals surface area contributed by atoms with Gasteiger partial charge < -0.3 is 19.9 Å². The Kier molecular flexibility index (Phi) is 7.02. The molecule has 0 atom stereocenters. The molecule has 0 aliphatic carbocycles. The van der Waals surface area contributed by atoms with E-state index in [2.05, 4.69) is 22.5 Å². The van der Waals surface area contributed by atoms with E-state index in [9.17, 15) is 18.0 Å². The minimum absolute atomic E-state index is 0.207. The number of hydrogen-bond acceptors (Lipinski definition) is 4. The molecular formula is C22H20F3N3O2S. The van der Waals surface area contributed by atoms with Crippen molar-refractivity contribution in [3.63, 3.8) is 0 Å². The number of aromatic nitrogens is 1. The maximum absolute atomic E-state index is 13.2. The number of rotatable bonds is 7. The van der Waals surface area contributed by atoms with Gasteiger partial charge in [0.2, 0.25) is 6.41 Å². The van der Waals surface area contributed by atoms with Crippen molar-refractivity contribution in [3.05, 3.63) is 48.2 Å². The lowest BCUT2D eigenvalue weighted by Gasteiger charge is -2.11. The average molecular weight is 447 g/mol. The molecule has 0 aliphatic rings. The van der Waals surface area contributed by atoms with Gasteiger partial charge in [-0.15, -0.1) is 11.8 Å². The molecule has 31 heavy (non-hydrogen) atoms. The van der Waals surface area contributed by atoms with Crippen LogP contribution in [0.4, 0.5) is 24.5 Å². The van der Waals surface area contributed by atoms with Crippen LogP contribution < -0.4 is 15.4 Å². The number of hydrogen-bond donors (Lipinski definition) is 2. The summed E-state index contributed by atoms with van der Waals surface area (Å²) in [6, 6.07) is 12.0. The number of anilines is 2. The Morgan fingerprint density at radius 2 is 2.00 bits per heavy atom. The van der Waals surface area contributed by atoms with E-state index < -0.39 is 12.7 Å². The van der Waals surface area contributed by atoms with Gasteiger partial charge in [-0.25, -0.2) is 0 Å². The smallest absolute Gasteiger partial charge is 0.406 e. The molecular weight excluding hydrogens is 427 g/mol. The Balaban J connectivity index is 1.89. The van der Waals surface area contributed by atoms with Crippen LogP contribution in [0.1, 0.15) is 5.69 Å². The highest BCUT2D eigenvalue weighted by Crippen LogP contribution is 2.30. The van der Waals surface area contributed by atoms with Gasteiger partial charge in [-0.3, -0.25) is 4.79 Å². The zero-order valence-electron chi connectivity index (χ0n) is 16.8. The first-order chi connectivity index (χ1) is 14.9. The lowest BCUT2D eigenvalue weighted by atomic mass is 10.2. The molecule has 3 rings (SSSR count). The number of thioether (sulfide) groups is 1. The van der Waals surface area contributed by atoms with Crippen molar-refractivity contribution in [1.29, 1.82) is 0 Å². The third-order valence-electron chi connectivity index (χ3n) is 4.49. The van der Waals surface area contributed by atoms with Crippen molar-refractivity contribution in [2.45, 2.75) is 17.6 Å². The summed E-state index contributed by atoms with van der Waals surface area (Å²) in [5, 5.41) is 6.13. The first-order valence-corrected chi connectivity index (χ1v) is 10.4. The van der Waals surface area contributed by atoms with Gasteiger partial charge in [-0.1, -0.05) is 12.0 Å². The number of nitrogens with zero attached hydrogens (tertiary/aromatic N) is 1. The molecule has 0 radical (unpaired) electrons. The second-order valence-electron chi connectivity index (χ2n) is 6.45. The van der Waals surface area contributed by atoms with Crippen molar-refractivity contribution in [3.8, 4) is 17.6 Å². The van der Waals surface area contributed by atoms with Crippen LogP contribution in [0.3, 0.4) is 0 Å². The number of ether oxygens (including phenoxy) is 1. The lowest BCUT2D eigenvalue weighted by Crippen LogP contribution is -2.18. The van der Waals surface area contributed by atoms with E-state index in [0.717, 1.165) is 15.1 Å². The maximum Gasteiger partial charge on any atom is 0.406 e. The van der Waals surface area contributed by atoms with E-state index in [1.807, 2.05) is 24.5 Å². The number of halogens is 3. The van der Waals surface area contributed by atoms with Gasteiger partial charge in [0.15, 0.2) is 0 Å². The highest BCUT2D eigenvalue weighted by molar-refractivity contribution is 7.98. The van der Waals surface area contributed by atoms with Gasteiger partial charge in [-0.05, 0) is 48.6 Å². The van der Waals surface area contributed by atoms with Crippen LogP contribution in [0, 0.1) is 11.8 Å². The van der Waals surface area contributed by atoms with Crippen LogP contribution in [-0.4, -0.2) is 37.1 Å². The van der Waals surface area contributed by atoms with Crippen LogP contribution in [0.5, 0.6) is 5.75 Å². The van der Waals surface area contributed by atoms with Crippen LogP contribution in [0.2, 0.25) is 0 Å². The second kappa shape index (κ2) is 9.71. The quantitative estimate of drug-likeness (QED) is 0.305. The number of nitrogens with one attached hydrogen (secondary N) is 2. The molecule has 162 valence electrons. The van der Waals surface area contributed by atoms with Crippen LogP contribution >= 0.6 is 11.8 Å². The normalized spacial score (nSPS) is 11.0. The Labute approximate surface area is 182 Å². The SMILES string of the molecule is COc1cc(SC)ccc1NCC#Cc1cc2c(NC=O)cccc2n1CC(F)(F)F. The van der Waals surface area contributed by atoms with Gasteiger partial charge in [0.05, 0.1) is 30.6 Å². The zero-order valence-corrected chi connectivity index (χ0v) is 17.7. The second-order valence-corrected chi connectivity index (χ2v) is 7.33. The standard InChI is InChI=1S/C22H20F3N3O2S/c1-30-21-12-16(31-2)8-9-19(21)26-10-4-5-15-11-17-18(27-14-29)6-3-7-20(17)28(15)13-22(23,24)25/h3,6-9,11-12,14,26H,10,13H2,1-2H3,(H,27,29). The van der Waals surface area contributed by atoms with Crippen LogP contribution in [-0.2, 0) is 11.3 Å². The van der Waals surface area contributed by atoms with E-state index in [-0.39, 0.29) is 12.2 Å². The van der Waals surface area contributed by atoms with E-state index in [0.29, 0.717) is 28.7 Å². The zero-order chi connectivity index (χ0) is 22.4. The van der Waals surface area contributed by atoms with Crippen molar-refractivity contribution in [2.75, 3.05) is 30.5 Å². The molecule has 0 saturated heterocycles. The number of fused-ring (bicyclic) bond motifs is 1. The first-order valence-electron chi connectivity index (χ1n) is 9.20. The van der Waals surface area contributed by atoms with Crippen molar-refractivity contribution in [2.24, 2.45) is 0 Å². The fraction of sp³-hybridized carbons (Fsp3) is 0.227. The summed E-state index contributed by atoms with van der Waals surface area (Å²) in [4.78, 5) is 11.9. The molecule has 0 unspecified atom stereocenters. The summed E-state index contributed by atoms with van der Waals surface area (Å²) >= 11 is 1.59. The first kappa shape index (κ1) is 22.4. The Morgan fingerprint density at radius 1 is 1.19 bits per heavy atom. The van der Waals surface area contributed by atoms with E-state index in [1.54, 1.807) is 43.1 Å². The molecule has 0 spiro atoms.